The highest BCUT2D eigenvalue weighted by Gasteiger charge is 2.27. The van der Waals surface area contributed by atoms with Crippen LogP contribution in [0, 0.1) is 23.3 Å². The van der Waals surface area contributed by atoms with Crippen LogP contribution in [-0.4, -0.2) is 111 Å². The number of benzene rings is 2. The molecule has 2 aliphatic rings. The summed E-state index contributed by atoms with van der Waals surface area (Å²) in [6.45, 7) is 13.4. The van der Waals surface area contributed by atoms with E-state index >= 15 is 0 Å². The van der Waals surface area contributed by atoms with Crippen LogP contribution in [0.25, 0.3) is 56.3 Å². The van der Waals surface area contributed by atoms with Gasteiger partial charge in [-0.05, 0) is 87.3 Å². The summed E-state index contributed by atoms with van der Waals surface area (Å²) in [6, 6.07) is 14.9. The van der Waals surface area contributed by atoms with E-state index in [2.05, 4.69) is 30.6 Å². The molecule has 0 unspecified atom stereocenters. The first-order chi connectivity index (χ1) is 31.9. The van der Waals surface area contributed by atoms with Crippen LogP contribution in [0.5, 0.6) is 0 Å². The number of halogens is 4. The smallest absolute Gasteiger partial charge is 0.177 e. The van der Waals surface area contributed by atoms with E-state index in [-0.39, 0.29) is 35.0 Å². The Morgan fingerprint density at radius 2 is 1.06 bits per heavy atom. The van der Waals surface area contributed by atoms with Crippen molar-refractivity contribution in [2.45, 2.75) is 77.3 Å². The Hall–Kier alpha value is -6.44. The molecule has 1 N–H and O–H groups in total. The van der Waals surface area contributed by atoms with E-state index in [1.54, 1.807) is 16.1 Å². The van der Waals surface area contributed by atoms with Gasteiger partial charge in [0.2, 0.25) is 0 Å². The molecule has 0 amide bonds. The van der Waals surface area contributed by atoms with Crippen molar-refractivity contribution in [3.8, 4) is 45.0 Å². The SMILES string of the molecule is CC(C)c1nnc2ccc(-c3cn(C4CCNCC4)nc3-c3ccc(F)cc3F)nn12.COCCN1CCC(n2cc(-c3ccc4nnc(C(C)C)n4n3)c(-c3ccc(F)cc3F)n2)CC1. The third kappa shape index (κ3) is 9.19. The summed E-state index contributed by atoms with van der Waals surface area (Å²) in [5, 5.41) is 39.3. The van der Waals surface area contributed by atoms with Gasteiger partial charge in [-0.2, -0.15) is 29.4 Å². The van der Waals surface area contributed by atoms with Gasteiger partial charge in [-0.1, -0.05) is 27.7 Å². The maximum absolute atomic E-state index is 14.9. The summed E-state index contributed by atoms with van der Waals surface area (Å²) in [7, 11) is 1.71. The van der Waals surface area contributed by atoms with Gasteiger partial charge < -0.3 is 15.0 Å². The molecular formula is C47H52F4N14O. The maximum Gasteiger partial charge on any atom is 0.177 e. The normalized spacial score (nSPS) is 15.4. The molecule has 0 atom stereocenters. The lowest BCUT2D eigenvalue weighted by Gasteiger charge is -2.31. The molecule has 10 rings (SSSR count). The molecule has 0 aliphatic carbocycles. The fraction of sp³-hybridized carbons (Fsp3) is 0.404. The molecule has 0 saturated carbocycles. The van der Waals surface area contributed by atoms with Crippen LogP contribution in [0.15, 0.2) is 73.1 Å². The molecule has 66 heavy (non-hydrogen) atoms. The molecule has 15 nitrogen and oxygen atoms in total. The number of hydrogen-bond acceptors (Lipinski definition) is 11. The Bertz CT molecular complexity index is 2960. The van der Waals surface area contributed by atoms with Crippen LogP contribution in [0.3, 0.4) is 0 Å². The van der Waals surface area contributed by atoms with Crippen LogP contribution >= 0.6 is 0 Å². The van der Waals surface area contributed by atoms with E-state index in [0.717, 1.165) is 82.2 Å². The van der Waals surface area contributed by atoms with Gasteiger partial charge in [0.1, 0.15) is 34.7 Å². The molecule has 2 saturated heterocycles. The number of rotatable bonds is 11. The van der Waals surface area contributed by atoms with E-state index in [1.807, 2.05) is 73.7 Å². The summed E-state index contributed by atoms with van der Waals surface area (Å²) in [4.78, 5) is 2.37. The van der Waals surface area contributed by atoms with Crippen molar-refractivity contribution >= 4 is 11.3 Å². The molecule has 8 aromatic rings. The van der Waals surface area contributed by atoms with Gasteiger partial charge in [0, 0.05) is 85.4 Å². The van der Waals surface area contributed by atoms with Crippen molar-refractivity contribution in [1.82, 2.24) is 69.4 Å². The van der Waals surface area contributed by atoms with Gasteiger partial charge in [0.25, 0.3) is 0 Å². The lowest BCUT2D eigenvalue weighted by atomic mass is 10.0. The van der Waals surface area contributed by atoms with Gasteiger partial charge in [0.05, 0.1) is 30.1 Å². The monoisotopic (exact) mass is 904 g/mol. The number of nitrogens with one attached hydrogen (secondary N) is 1. The number of methoxy groups -OCH3 is 1. The minimum absolute atomic E-state index is 0.132. The quantitative estimate of drug-likeness (QED) is 0.125. The van der Waals surface area contributed by atoms with Crippen LogP contribution in [-0.2, 0) is 4.74 Å². The summed E-state index contributed by atoms with van der Waals surface area (Å²) < 4.78 is 69.2. The largest absolute Gasteiger partial charge is 0.383 e. The molecule has 0 bridgehead atoms. The number of likely N-dealkylation sites (tertiary alicyclic amines) is 1. The predicted octanol–water partition coefficient (Wildman–Crippen LogP) is 8.32. The standard InChI is InChI=1S/C25H29F2N7O.C22H23F2N7/c1-16(2)25-29-28-23-7-6-22(30-34(23)25)20-15-33(18-8-10-32(11-9-18)12-13-35-3)31-24(20)19-5-4-17(26)14-21(19)27;1-13(2)22-27-26-20-6-5-19(28-31(20)22)17-12-30(15-7-9-25-10-8-15)29-21(17)16-4-3-14(23)11-18(16)24/h4-7,14-16,18H,8-13H2,1-3H3;3-6,11-13,15,25H,7-10H2,1-2H3. The van der Waals surface area contributed by atoms with E-state index in [9.17, 15) is 17.6 Å². The topological polar surface area (TPSA) is 146 Å². The van der Waals surface area contributed by atoms with Gasteiger partial charge in [-0.15, -0.1) is 20.4 Å². The summed E-state index contributed by atoms with van der Waals surface area (Å²) in [5.41, 5.74) is 5.30. The first-order valence-corrected chi connectivity index (χ1v) is 22.4. The lowest BCUT2D eigenvalue weighted by Crippen LogP contribution is -2.36. The van der Waals surface area contributed by atoms with Crippen molar-refractivity contribution in [2.75, 3.05) is 46.4 Å². The molecule has 344 valence electrons. The van der Waals surface area contributed by atoms with Crippen molar-refractivity contribution in [3.05, 3.63) is 108 Å². The Morgan fingerprint density at radius 3 is 1.50 bits per heavy atom. The molecule has 2 aliphatic heterocycles. The van der Waals surface area contributed by atoms with Crippen molar-refractivity contribution in [1.29, 1.82) is 0 Å². The average molecular weight is 905 g/mol. The zero-order chi connectivity index (χ0) is 46.1. The van der Waals surface area contributed by atoms with E-state index in [4.69, 9.17) is 25.1 Å². The summed E-state index contributed by atoms with van der Waals surface area (Å²) in [5.74, 6) is -0.780. The number of fused-ring (bicyclic) bond motifs is 2. The fourth-order valence-electron chi connectivity index (χ4n) is 8.61. The molecular weight excluding hydrogens is 853 g/mol. The minimum atomic E-state index is -0.654. The van der Waals surface area contributed by atoms with E-state index in [1.165, 1.54) is 24.3 Å². The number of aromatic nitrogens is 12. The van der Waals surface area contributed by atoms with Crippen molar-refractivity contribution < 1.29 is 22.3 Å². The van der Waals surface area contributed by atoms with Crippen molar-refractivity contribution in [3.63, 3.8) is 0 Å². The van der Waals surface area contributed by atoms with Gasteiger partial charge in [-0.25, -0.2) is 17.6 Å². The highest BCUT2D eigenvalue weighted by molar-refractivity contribution is 5.80. The van der Waals surface area contributed by atoms with E-state index < -0.39 is 23.3 Å². The third-order valence-electron chi connectivity index (χ3n) is 12.2. The van der Waals surface area contributed by atoms with Crippen LogP contribution in [0.1, 0.15) is 88.9 Å². The van der Waals surface area contributed by atoms with Crippen LogP contribution in [0.2, 0.25) is 0 Å². The summed E-state index contributed by atoms with van der Waals surface area (Å²) >= 11 is 0. The van der Waals surface area contributed by atoms with E-state index in [0.29, 0.717) is 51.8 Å². The molecule has 2 aromatic carbocycles. The number of piperidine rings is 2. The molecule has 0 spiro atoms. The lowest BCUT2D eigenvalue weighted by molar-refractivity contribution is 0.119. The van der Waals surface area contributed by atoms with Gasteiger partial charge in [0.15, 0.2) is 22.9 Å². The van der Waals surface area contributed by atoms with Crippen LogP contribution < -0.4 is 5.32 Å². The first-order valence-electron chi connectivity index (χ1n) is 22.4. The second-order valence-corrected chi connectivity index (χ2v) is 17.4. The highest BCUT2D eigenvalue weighted by atomic mass is 19.1. The Balaban J connectivity index is 0.000000167. The highest BCUT2D eigenvalue weighted by Crippen LogP contribution is 2.36. The summed E-state index contributed by atoms with van der Waals surface area (Å²) in [6.07, 6.45) is 7.56. The molecule has 0 radical (unpaired) electrons. The molecule has 19 heteroatoms. The number of hydrogen-bond donors (Lipinski definition) is 1. The second-order valence-electron chi connectivity index (χ2n) is 17.4. The zero-order valence-electron chi connectivity index (χ0n) is 37.5. The molecule has 6 aromatic heterocycles. The second kappa shape index (κ2) is 19.2. The minimum Gasteiger partial charge on any atom is -0.383 e. The van der Waals surface area contributed by atoms with Gasteiger partial charge >= 0.3 is 0 Å². The van der Waals surface area contributed by atoms with Crippen LogP contribution in [0.4, 0.5) is 17.6 Å². The predicted molar refractivity (Wildman–Crippen MR) is 241 cm³/mol. The third-order valence-corrected chi connectivity index (χ3v) is 12.2. The van der Waals surface area contributed by atoms with Crippen molar-refractivity contribution in [2.24, 2.45) is 0 Å². The van der Waals surface area contributed by atoms with Gasteiger partial charge in [-0.3, -0.25) is 9.36 Å². The number of nitrogens with zero attached hydrogens (tertiary/aromatic N) is 13. The first kappa shape index (κ1) is 44.7. The number of ether oxygens (including phenoxy) is 1. The average Bonchev–Trinajstić information content (AvgIpc) is 4.14. The Kier molecular flexibility index (Phi) is 13.0. The fourth-order valence-corrected chi connectivity index (χ4v) is 8.61. The Labute approximate surface area is 378 Å². The molecule has 2 fully saturated rings. The zero-order valence-corrected chi connectivity index (χ0v) is 37.5. The Morgan fingerprint density at radius 1 is 0.591 bits per heavy atom. The molecule has 8 heterocycles. The maximum atomic E-state index is 14.9.